The molecule has 1 atom stereocenters. The van der Waals surface area contributed by atoms with Crippen LogP contribution in [0.4, 0.5) is 5.69 Å². The molecule has 0 spiro atoms. The van der Waals surface area contributed by atoms with Crippen LogP contribution in [0.25, 0.3) is 11.5 Å². The van der Waals surface area contributed by atoms with Crippen molar-refractivity contribution >= 4 is 40.8 Å². The molecule has 1 unspecified atom stereocenters. The highest BCUT2D eigenvalue weighted by Crippen LogP contribution is 2.36. The largest absolute Gasteiger partial charge is 0.399 e. The van der Waals surface area contributed by atoms with E-state index in [1.54, 1.807) is 18.2 Å². The number of thioether (sulfide) groups is 2. The molecule has 0 saturated carbocycles. The van der Waals surface area contributed by atoms with Gasteiger partial charge in [-0.1, -0.05) is 16.8 Å². The van der Waals surface area contributed by atoms with Crippen molar-refractivity contribution in [2.45, 2.75) is 5.25 Å². The van der Waals surface area contributed by atoms with E-state index >= 15 is 0 Å². The van der Waals surface area contributed by atoms with Crippen molar-refractivity contribution in [3.63, 3.8) is 0 Å². The van der Waals surface area contributed by atoms with Crippen LogP contribution in [0.3, 0.4) is 0 Å². The third-order valence-corrected chi connectivity index (χ3v) is 5.85. The van der Waals surface area contributed by atoms with Gasteiger partial charge in [0.15, 0.2) is 5.82 Å². The van der Waals surface area contributed by atoms with Crippen molar-refractivity contribution in [1.82, 2.24) is 10.1 Å². The fraction of sp³-hybridized carbons (Fsp3) is 0.333. The van der Waals surface area contributed by atoms with Crippen LogP contribution < -0.4 is 5.73 Å². The summed E-state index contributed by atoms with van der Waals surface area (Å²) in [6.07, 6.45) is 0. The van der Waals surface area contributed by atoms with Crippen LogP contribution in [0.15, 0.2) is 22.7 Å². The molecule has 1 aliphatic rings. The maximum Gasteiger partial charge on any atom is 0.259 e. The van der Waals surface area contributed by atoms with Crippen LogP contribution in [-0.4, -0.2) is 27.4 Å². The molecule has 2 heterocycles. The molecule has 1 aromatic heterocycles. The number of hydrogen-bond acceptors (Lipinski definition) is 6. The van der Waals surface area contributed by atoms with E-state index in [-0.39, 0.29) is 0 Å². The van der Waals surface area contributed by atoms with Gasteiger partial charge in [0.2, 0.25) is 0 Å². The summed E-state index contributed by atoms with van der Waals surface area (Å²) in [4.78, 5) is 4.45. The van der Waals surface area contributed by atoms with Gasteiger partial charge < -0.3 is 10.3 Å². The van der Waals surface area contributed by atoms with Crippen molar-refractivity contribution in [2.24, 2.45) is 0 Å². The highest BCUT2D eigenvalue weighted by atomic mass is 35.5. The van der Waals surface area contributed by atoms with E-state index in [1.807, 2.05) is 23.5 Å². The number of nitrogens with zero attached hydrogens (tertiary/aromatic N) is 2. The Morgan fingerprint density at radius 3 is 3.05 bits per heavy atom. The van der Waals surface area contributed by atoms with Gasteiger partial charge in [0.05, 0.1) is 15.8 Å². The Morgan fingerprint density at radius 2 is 2.26 bits per heavy atom. The first kappa shape index (κ1) is 13.1. The second-order valence-electron chi connectivity index (χ2n) is 4.13. The number of nitrogen functional groups attached to an aromatic ring is 1. The van der Waals surface area contributed by atoms with Crippen molar-refractivity contribution in [3.05, 3.63) is 29.0 Å². The lowest BCUT2D eigenvalue weighted by molar-refractivity contribution is 0.423. The molecule has 0 bridgehead atoms. The minimum atomic E-state index is 0.302. The molecule has 7 heteroatoms. The predicted octanol–water partition coefficient (Wildman–Crippen LogP) is 3.49. The summed E-state index contributed by atoms with van der Waals surface area (Å²) in [5.74, 6) is 4.51. The van der Waals surface area contributed by atoms with E-state index in [9.17, 15) is 0 Å². The summed E-state index contributed by atoms with van der Waals surface area (Å²) in [5.41, 5.74) is 7.07. The van der Waals surface area contributed by atoms with Crippen molar-refractivity contribution < 1.29 is 4.52 Å². The summed E-state index contributed by atoms with van der Waals surface area (Å²) >= 11 is 9.92. The minimum absolute atomic E-state index is 0.302. The zero-order valence-corrected chi connectivity index (χ0v) is 12.4. The van der Waals surface area contributed by atoms with Crippen LogP contribution in [0.1, 0.15) is 11.1 Å². The zero-order valence-electron chi connectivity index (χ0n) is 10.0. The van der Waals surface area contributed by atoms with E-state index in [1.165, 1.54) is 5.75 Å². The smallest absolute Gasteiger partial charge is 0.259 e. The molecular formula is C12H12ClN3OS2. The molecule has 0 amide bonds. The molecule has 2 aromatic rings. The van der Waals surface area contributed by atoms with Crippen LogP contribution in [0, 0.1) is 0 Å². The summed E-state index contributed by atoms with van der Waals surface area (Å²) < 4.78 is 5.32. The molecule has 2 N–H and O–H groups in total. The number of benzene rings is 1. The van der Waals surface area contributed by atoms with Crippen LogP contribution in [0.2, 0.25) is 5.02 Å². The van der Waals surface area contributed by atoms with Gasteiger partial charge in [-0.15, -0.1) is 11.8 Å². The molecule has 4 nitrogen and oxygen atoms in total. The number of nitrogens with two attached hydrogens (primary N) is 1. The Labute approximate surface area is 124 Å². The van der Waals surface area contributed by atoms with Crippen molar-refractivity contribution in [2.75, 3.05) is 23.0 Å². The number of halogens is 1. The van der Waals surface area contributed by atoms with Gasteiger partial charge in [0.25, 0.3) is 5.89 Å². The second-order valence-corrected chi connectivity index (χ2v) is 7.00. The lowest BCUT2D eigenvalue weighted by Crippen LogP contribution is -2.07. The highest BCUT2D eigenvalue weighted by Gasteiger charge is 2.23. The van der Waals surface area contributed by atoms with Gasteiger partial charge >= 0.3 is 0 Å². The average Bonchev–Trinajstić information content (AvgIpc) is 2.92. The minimum Gasteiger partial charge on any atom is -0.399 e. The molecule has 1 aliphatic heterocycles. The van der Waals surface area contributed by atoms with Crippen LogP contribution in [0.5, 0.6) is 0 Å². The third-order valence-electron chi connectivity index (χ3n) is 2.77. The zero-order chi connectivity index (χ0) is 13.2. The van der Waals surface area contributed by atoms with E-state index in [2.05, 4.69) is 10.1 Å². The first-order chi connectivity index (χ1) is 9.24. The maximum atomic E-state index is 6.13. The van der Waals surface area contributed by atoms with E-state index in [0.29, 0.717) is 27.4 Å². The van der Waals surface area contributed by atoms with Crippen molar-refractivity contribution in [1.29, 1.82) is 0 Å². The monoisotopic (exact) mass is 313 g/mol. The Hall–Kier alpha value is -0.850. The fourth-order valence-corrected chi connectivity index (χ4v) is 4.61. The number of aromatic nitrogens is 2. The van der Waals surface area contributed by atoms with E-state index < -0.39 is 0 Å². The normalized spacial score (nSPS) is 19.5. The highest BCUT2D eigenvalue weighted by molar-refractivity contribution is 8.06. The Morgan fingerprint density at radius 1 is 1.37 bits per heavy atom. The average molecular weight is 314 g/mol. The summed E-state index contributed by atoms with van der Waals surface area (Å²) in [6.45, 7) is 0. The van der Waals surface area contributed by atoms with Gasteiger partial charge in [-0.25, -0.2) is 0 Å². The Balaban J connectivity index is 1.89. The standard InChI is InChI=1S/C12H12ClN3OS2/c13-9-2-1-7(14)5-8(9)12-15-11(16-17-12)10-6-18-3-4-19-10/h1-2,5,10H,3-4,6,14H2. The summed E-state index contributed by atoms with van der Waals surface area (Å²) in [6, 6.07) is 5.24. The quantitative estimate of drug-likeness (QED) is 0.856. The first-order valence-electron chi connectivity index (χ1n) is 5.82. The topological polar surface area (TPSA) is 64.9 Å². The fourth-order valence-electron chi connectivity index (χ4n) is 1.82. The number of anilines is 1. The lowest BCUT2D eigenvalue weighted by Gasteiger charge is -2.16. The lowest BCUT2D eigenvalue weighted by atomic mass is 10.2. The van der Waals surface area contributed by atoms with Crippen LogP contribution >= 0.6 is 35.1 Å². The number of hydrogen-bond donors (Lipinski definition) is 1. The molecule has 1 aromatic carbocycles. The molecule has 0 aliphatic carbocycles. The van der Waals surface area contributed by atoms with Gasteiger partial charge in [0.1, 0.15) is 0 Å². The second kappa shape index (κ2) is 5.64. The summed E-state index contributed by atoms with van der Waals surface area (Å²) in [7, 11) is 0. The van der Waals surface area contributed by atoms with E-state index in [0.717, 1.165) is 17.3 Å². The number of rotatable bonds is 2. The molecule has 100 valence electrons. The molecule has 1 fully saturated rings. The van der Waals surface area contributed by atoms with Crippen LogP contribution in [-0.2, 0) is 0 Å². The van der Waals surface area contributed by atoms with Gasteiger partial charge in [-0.2, -0.15) is 16.7 Å². The third kappa shape index (κ3) is 2.85. The predicted molar refractivity (Wildman–Crippen MR) is 81.7 cm³/mol. The maximum absolute atomic E-state index is 6.13. The van der Waals surface area contributed by atoms with Gasteiger partial charge in [-0.05, 0) is 18.2 Å². The molecule has 3 rings (SSSR count). The first-order valence-corrected chi connectivity index (χ1v) is 8.40. The molecule has 1 saturated heterocycles. The van der Waals surface area contributed by atoms with Gasteiger partial charge in [-0.3, -0.25) is 0 Å². The summed E-state index contributed by atoms with van der Waals surface area (Å²) in [5, 5.41) is 4.93. The van der Waals surface area contributed by atoms with E-state index in [4.69, 9.17) is 21.9 Å². The van der Waals surface area contributed by atoms with Gasteiger partial charge in [0, 0.05) is 22.9 Å². The Kier molecular flexibility index (Phi) is 3.91. The molecule has 0 radical (unpaired) electrons. The molecular weight excluding hydrogens is 302 g/mol. The Bertz CT molecular complexity index is 584. The SMILES string of the molecule is Nc1ccc(Cl)c(-c2nc(C3CSCCS3)no2)c1. The molecule has 19 heavy (non-hydrogen) atoms. The van der Waals surface area contributed by atoms with Crippen molar-refractivity contribution in [3.8, 4) is 11.5 Å².